The van der Waals surface area contributed by atoms with Gasteiger partial charge in [0.05, 0.1) is 6.54 Å². The van der Waals surface area contributed by atoms with E-state index >= 15 is 0 Å². The lowest BCUT2D eigenvalue weighted by molar-refractivity contribution is 0.685. The van der Waals surface area contributed by atoms with Gasteiger partial charge in [0.2, 0.25) is 0 Å². The highest BCUT2D eigenvalue weighted by molar-refractivity contribution is 7.71. The number of hydrogen-bond acceptors (Lipinski definition) is 2. The van der Waals surface area contributed by atoms with E-state index in [1.165, 1.54) is 0 Å². The maximum Gasteiger partial charge on any atom is 0.257 e. The van der Waals surface area contributed by atoms with Gasteiger partial charge in [-0.25, -0.2) is 0 Å². The molecule has 3 nitrogen and oxygen atoms in total. The summed E-state index contributed by atoms with van der Waals surface area (Å²) in [6.45, 7) is 4.53. The molecule has 0 aliphatic rings. The predicted molar refractivity (Wildman–Crippen MR) is 84.8 cm³/mol. The van der Waals surface area contributed by atoms with Crippen molar-refractivity contribution in [2.24, 2.45) is 0 Å². The van der Waals surface area contributed by atoms with Crippen molar-refractivity contribution in [3.8, 4) is 0 Å². The van der Waals surface area contributed by atoms with Gasteiger partial charge in [-0.05, 0) is 37.5 Å². The second-order valence-electron chi connectivity index (χ2n) is 5.01. The lowest BCUT2D eigenvalue weighted by atomic mass is 10.1. The van der Waals surface area contributed by atoms with Gasteiger partial charge >= 0.3 is 0 Å². The second-order valence-corrected chi connectivity index (χ2v) is 5.40. The van der Waals surface area contributed by atoms with Crippen molar-refractivity contribution in [3.63, 3.8) is 0 Å². The number of unbranched alkanes of at least 4 members (excludes halogenated alkanes) is 1. The zero-order valence-corrected chi connectivity index (χ0v) is 12.8. The van der Waals surface area contributed by atoms with Crippen molar-refractivity contribution in [1.82, 2.24) is 9.55 Å². The normalized spacial score (nSPS) is 10.7. The zero-order valence-electron chi connectivity index (χ0n) is 12.0. The number of nitrogens with one attached hydrogen (secondary N) is 1. The summed E-state index contributed by atoms with van der Waals surface area (Å²) >= 11 is 5.34. The number of aromatic amines is 1. The Morgan fingerprint density at radius 3 is 2.60 bits per heavy atom. The van der Waals surface area contributed by atoms with Crippen LogP contribution in [0.1, 0.15) is 36.6 Å². The molecule has 0 saturated heterocycles. The third-order valence-electron chi connectivity index (χ3n) is 3.49. The Kier molecular flexibility index (Phi) is 4.90. The molecule has 0 saturated carbocycles. The molecule has 0 fully saturated rings. The maximum absolute atomic E-state index is 12.5. The molecule has 0 unspecified atom stereocenters. The third-order valence-corrected chi connectivity index (χ3v) is 3.81. The van der Waals surface area contributed by atoms with Crippen molar-refractivity contribution in [2.75, 3.05) is 0 Å². The Hall–Kier alpha value is -1.68. The molecule has 4 heteroatoms. The van der Waals surface area contributed by atoms with E-state index in [1.54, 1.807) is 4.57 Å². The fourth-order valence-electron chi connectivity index (χ4n) is 2.23. The van der Waals surface area contributed by atoms with Gasteiger partial charge in [-0.3, -0.25) is 9.36 Å². The summed E-state index contributed by atoms with van der Waals surface area (Å²) in [4.78, 5) is 15.7. The molecule has 1 N–H and O–H groups in total. The van der Waals surface area contributed by atoms with Crippen LogP contribution in [-0.4, -0.2) is 9.55 Å². The van der Waals surface area contributed by atoms with E-state index in [4.69, 9.17) is 12.2 Å². The Labute approximate surface area is 124 Å². The molecule has 1 aromatic heterocycles. The Morgan fingerprint density at radius 2 is 1.95 bits per heavy atom. The lowest BCUT2D eigenvalue weighted by Gasteiger charge is -2.11. The molecular formula is C16H20N2OS. The number of H-pyrrole nitrogens is 1. The molecule has 106 valence electrons. The summed E-state index contributed by atoms with van der Waals surface area (Å²) < 4.78 is 2.14. The lowest BCUT2D eigenvalue weighted by Crippen LogP contribution is -2.26. The molecule has 2 aromatic rings. The van der Waals surface area contributed by atoms with E-state index in [0.29, 0.717) is 11.3 Å². The first kappa shape index (κ1) is 14.7. The first-order valence-electron chi connectivity index (χ1n) is 7.00. The average Bonchev–Trinajstić information content (AvgIpc) is 2.47. The summed E-state index contributed by atoms with van der Waals surface area (Å²) in [5.74, 6) is 0. The number of hydrogen-bond donors (Lipinski definition) is 1. The maximum atomic E-state index is 12.5. The summed E-state index contributed by atoms with van der Waals surface area (Å²) in [6.07, 6.45) is 3.05. The summed E-state index contributed by atoms with van der Waals surface area (Å²) in [5, 5.41) is 0. The Bertz CT molecular complexity index is 686. The highest BCUT2D eigenvalue weighted by atomic mass is 32.1. The van der Waals surface area contributed by atoms with Crippen molar-refractivity contribution in [2.45, 2.75) is 39.7 Å². The summed E-state index contributed by atoms with van der Waals surface area (Å²) in [7, 11) is 0. The van der Waals surface area contributed by atoms with Gasteiger partial charge in [0, 0.05) is 11.3 Å². The van der Waals surface area contributed by atoms with E-state index < -0.39 is 0 Å². The SMILES string of the molecule is CCCCc1[nH]c(=S)n(Cc2ccccc2)c(=O)c1C. The van der Waals surface area contributed by atoms with Gasteiger partial charge in [-0.2, -0.15) is 0 Å². The molecule has 0 atom stereocenters. The predicted octanol–water partition coefficient (Wildman–Crippen LogP) is 3.61. The number of benzene rings is 1. The minimum atomic E-state index is 0.0173. The molecule has 1 heterocycles. The molecule has 1 aromatic carbocycles. The molecule has 0 radical (unpaired) electrons. The molecule has 0 aliphatic heterocycles. The largest absolute Gasteiger partial charge is 0.335 e. The van der Waals surface area contributed by atoms with E-state index in [-0.39, 0.29) is 5.56 Å². The minimum Gasteiger partial charge on any atom is -0.335 e. The van der Waals surface area contributed by atoms with Crippen LogP contribution in [0.25, 0.3) is 0 Å². The molecule has 0 amide bonds. The van der Waals surface area contributed by atoms with Crippen LogP contribution in [0.15, 0.2) is 35.1 Å². The standard InChI is InChI=1S/C16H20N2OS/c1-3-4-10-14-12(2)15(19)18(16(20)17-14)11-13-8-6-5-7-9-13/h5-9H,3-4,10-11H2,1-2H3,(H,17,20). The third kappa shape index (κ3) is 3.25. The molecule has 0 aliphatic carbocycles. The molecule has 0 bridgehead atoms. The quantitative estimate of drug-likeness (QED) is 0.854. The van der Waals surface area contributed by atoms with Crippen LogP contribution in [0.2, 0.25) is 0 Å². The van der Waals surface area contributed by atoms with E-state index in [1.807, 2.05) is 37.3 Å². The van der Waals surface area contributed by atoms with Crippen molar-refractivity contribution in [3.05, 3.63) is 62.3 Å². The van der Waals surface area contributed by atoms with Crippen LogP contribution in [0.4, 0.5) is 0 Å². The molecule has 2 rings (SSSR count). The van der Waals surface area contributed by atoms with E-state index in [9.17, 15) is 4.79 Å². The molecular weight excluding hydrogens is 268 g/mol. The monoisotopic (exact) mass is 288 g/mol. The van der Waals surface area contributed by atoms with Crippen molar-refractivity contribution < 1.29 is 0 Å². The van der Waals surface area contributed by atoms with Crippen LogP contribution in [0.5, 0.6) is 0 Å². The van der Waals surface area contributed by atoms with E-state index in [0.717, 1.165) is 36.1 Å². The van der Waals surface area contributed by atoms with Crippen LogP contribution in [0, 0.1) is 11.7 Å². The molecule has 0 spiro atoms. The van der Waals surface area contributed by atoms with Gasteiger partial charge in [0.1, 0.15) is 0 Å². The second kappa shape index (κ2) is 6.66. The number of nitrogens with zero attached hydrogens (tertiary/aromatic N) is 1. The van der Waals surface area contributed by atoms with Crippen LogP contribution >= 0.6 is 12.2 Å². The summed E-state index contributed by atoms with van der Waals surface area (Å²) in [5.41, 5.74) is 2.85. The Morgan fingerprint density at radius 1 is 1.25 bits per heavy atom. The fourth-order valence-corrected chi connectivity index (χ4v) is 2.50. The van der Waals surface area contributed by atoms with Gasteiger partial charge in [-0.15, -0.1) is 0 Å². The van der Waals surface area contributed by atoms with Crippen LogP contribution in [-0.2, 0) is 13.0 Å². The smallest absolute Gasteiger partial charge is 0.257 e. The van der Waals surface area contributed by atoms with Crippen molar-refractivity contribution in [1.29, 1.82) is 0 Å². The summed E-state index contributed by atoms with van der Waals surface area (Å²) in [6, 6.07) is 9.90. The van der Waals surface area contributed by atoms with Gasteiger partial charge in [0.15, 0.2) is 4.77 Å². The van der Waals surface area contributed by atoms with Crippen molar-refractivity contribution >= 4 is 12.2 Å². The minimum absolute atomic E-state index is 0.0173. The topological polar surface area (TPSA) is 37.8 Å². The Balaban J connectivity index is 2.38. The fraction of sp³-hybridized carbons (Fsp3) is 0.375. The van der Waals surface area contributed by atoms with Crippen LogP contribution < -0.4 is 5.56 Å². The zero-order chi connectivity index (χ0) is 14.5. The average molecular weight is 288 g/mol. The highest BCUT2D eigenvalue weighted by Gasteiger charge is 2.08. The first-order chi connectivity index (χ1) is 9.63. The van der Waals surface area contributed by atoms with E-state index in [2.05, 4.69) is 11.9 Å². The molecule has 20 heavy (non-hydrogen) atoms. The number of aryl methyl sites for hydroxylation is 1. The highest BCUT2D eigenvalue weighted by Crippen LogP contribution is 2.07. The van der Waals surface area contributed by atoms with Crippen LogP contribution in [0.3, 0.4) is 0 Å². The number of rotatable bonds is 5. The van der Waals surface area contributed by atoms with Gasteiger partial charge in [-0.1, -0.05) is 43.7 Å². The first-order valence-corrected chi connectivity index (χ1v) is 7.40. The van der Waals surface area contributed by atoms with Gasteiger partial charge in [0.25, 0.3) is 5.56 Å². The number of aromatic nitrogens is 2. The van der Waals surface area contributed by atoms with Gasteiger partial charge < -0.3 is 4.98 Å².